The Morgan fingerprint density at radius 1 is 1.38 bits per heavy atom. The SMILES string of the molecule is Cc1ccc(C2CC(C)CCN2C(=O)Cc2csc(-c3ccoc3)n2)o1. The lowest BCUT2D eigenvalue weighted by molar-refractivity contribution is -0.135. The fourth-order valence-corrected chi connectivity index (χ4v) is 4.31. The zero-order valence-electron chi connectivity index (χ0n) is 15.0. The van der Waals surface area contributed by atoms with Gasteiger partial charge in [0.2, 0.25) is 5.91 Å². The zero-order chi connectivity index (χ0) is 18.1. The molecule has 26 heavy (non-hydrogen) atoms. The first kappa shape index (κ1) is 17.1. The van der Waals surface area contributed by atoms with Crippen LogP contribution in [-0.4, -0.2) is 22.3 Å². The van der Waals surface area contributed by atoms with Gasteiger partial charge in [-0.15, -0.1) is 11.3 Å². The molecule has 0 aromatic carbocycles. The van der Waals surface area contributed by atoms with Crippen molar-refractivity contribution in [3.05, 3.63) is 53.3 Å². The van der Waals surface area contributed by atoms with E-state index in [4.69, 9.17) is 8.83 Å². The summed E-state index contributed by atoms with van der Waals surface area (Å²) in [7, 11) is 0. The molecule has 136 valence electrons. The molecule has 6 heteroatoms. The Hall–Kier alpha value is -2.34. The van der Waals surface area contributed by atoms with Crippen molar-refractivity contribution in [2.75, 3.05) is 6.54 Å². The van der Waals surface area contributed by atoms with Gasteiger partial charge in [0.05, 0.1) is 24.4 Å². The second-order valence-electron chi connectivity index (χ2n) is 7.01. The highest BCUT2D eigenvalue weighted by molar-refractivity contribution is 7.13. The molecule has 3 aromatic rings. The van der Waals surface area contributed by atoms with Crippen LogP contribution in [-0.2, 0) is 11.2 Å². The summed E-state index contributed by atoms with van der Waals surface area (Å²) in [6.07, 6.45) is 5.59. The standard InChI is InChI=1S/C20H22N2O3S/c1-13-5-7-22(17(9-13)18-4-3-14(2)25-18)19(23)10-16-12-26-20(21-16)15-6-8-24-11-15/h3-4,6,8,11-13,17H,5,7,9-10H2,1-2H3. The molecular weight excluding hydrogens is 348 g/mol. The molecule has 1 aliphatic rings. The molecule has 4 heterocycles. The van der Waals surface area contributed by atoms with Crippen LogP contribution in [0.3, 0.4) is 0 Å². The number of piperidine rings is 1. The van der Waals surface area contributed by atoms with Crippen LogP contribution in [0.1, 0.15) is 43.0 Å². The summed E-state index contributed by atoms with van der Waals surface area (Å²) < 4.78 is 10.9. The average Bonchev–Trinajstić information content (AvgIpc) is 3.35. The van der Waals surface area contributed by atoms with E-state index in [1.165, 1.54) is 11.3 Å². The lowest BCUT2D eigenvalue weighted by Crippen LogP contribution is -2.41. The van der Waals surface area contributed by atoms with Gasteiger partial charge in [0, 0.05) is 17.5 Å². The van der Waals surface area contributed by atoms with E-state index in [2.05, 4.69) is 11.9 Å². The molecule has 0 N–H and O–H groups in total. The predicted molar refractivity (Wildman–Crippen MR) is 99.8 cm³/mol. The zero-order valence-corrected chi connectivity index (χ0v) is 15.8. The summed E-state index contributed by atoms with van der Waals surface area (Å²) in [5.74, 6) is 2.47. The van der Waals surface area contributed by atoms with E-state index in [1.54, 1.807) is 12.5 Å². The minimum Gasteiger partial charge on any atom is -0.472 e. The highest BCUT2D eigenvalue weighted by Gasteiger charge is 2.33. The van der Waals surface area contributed by atoms with Gasteiger partial charge in [-0.3, -0.25) is 4.79 Å². The molecular formula is C20H22N2O3S. The highest BCUT2D eigenvalue weighted by atomic mass is 32.1. The number of amides is 1. The van der Waals surface area contributed by atoms with Crippen molar-refractivity contribution < 1.29 is 13.6 Å². The van der Waals surface area contributed by atoms with E-state index in [9.17, 15) is 4.79 Å². The van der Waals surface area contributed by atoms with Crippen molar-refractivity contribution in [2.45, 2.75) is 39.2 Å². The number of furan rings is 2. The molecule has 3 aromatic heterocycles. The largest absolute Gasteiger partial charge is 0.472 e. The third kappa shape index (κ3) is 3.46. The van der Waals surface area contributed by atoms with Crippen molar-refractivity contribution >= 4 is 17.2 Å². The van der Waals surface area contributed by atoms with Crippen LogP contribution >= 0.6 is 11.3 Å². The Kier molecular flexibility index (Phi) is 4.68. The molecule has 1 aliphatic heterocycles. The summed E-state index contributed by atoms with van der Waals surface area (Å²) in [5.41, 5.74) is 1.76. The van der Waals surface area contributed by atoms with Gasteiger partial charge in [0.1, 0.15) is 22.8 Å². The Morgan fingerprint density at radius 3 is 3.00 bits per heavy atom. The summed E-state index contributed by atoms with van der Waals surface area (Å²) >= 11 is 1.54. The van der Waals surface area contributed by atoms with Crippen LogP contribution in [0.15, 0.2) is 44.9 Å². The molecule has 0 bridgehead atoms. The molecule has 2 unspecified atom stereocenters. The van der Waals surface area contributed by atoms with E-state index in [0.29, 0.717) is 12.3 Å². The van der Waals surface area contributed by atoms with Crippen molar-refractivity contribution in [3.8, 4) is 10.6 Å². The van der Waals surface area contributed by atoms with E-state index in [-0.39, 0.29) is 11.9 Å². The maximum absolute atomic E-state index is 13.0. The van der Waals surface area contributed by atoms with Crippen molar-refractivity contribution in [1.29, 1.82) is 0 Å². The fourth-order valence-electron chi connectivity index (χ4n) is 3.51. The maximum Gasteiger partial charge on any atom is 0.229 e. The predicted octanol–water partition coefficient (Wildman–Crippen LogP) is 4.85. The van der Waals surface area contributed by atoms with Gasteiger partial charge in [0.15, 0.2) is 0 Å². The molecule has 4 rings (SSSR count). The van der Waals surface area contributed by atoms with E-state index < -0.39 is 0 Å². The van der Waals surface area contributed by atoms with Gasteiger partial charge < -0.3 is 13.7 Å². The lowest BCUT2D eigenvalue weighted by Gasteiger charge is -2.37. The van der Waals surface area contributed by atoms with Crippen LogP contribution in [0.25, 0.3) is 10.6 Å². The van der Waals surface area contributed by atoms with Crippen LogP contribution in [0.5, 0.6) is 0 Å². The van der Waals surface area contributed by atoms with Gasteiger partial charge in [-0.05, 0) is 43.9 Å². The molecule has 0 spiro atoms. The molecule has 0 aliphatic carbocycles. The first-order valence-electron chi connectivity index (χ1n) is 8.93. The van der Waals surface area contributed by atoms with Gasteiger partial charge in [-0.25, -0.2) is 4.98 Å². The third-order valence-electron chi connectivity index (χ3n) is 4.93. The number of rotatable bonds is 4. The van der Waals surface area contributed by atoms with Gasteiger partial charge in [-0.1, -0.05) is 6.92 Å². The van der Waals surface area contributed by atoms with E-state index >= 15 is 0 Å². The monoisotopic (exact) mass is 370 g/mol. The minimum atomic E-state index is 0.0203. The van der Waals surface area contributed by atoms with E-state index in [1.807, 2.05) is 35.4 Å². The Balaban J connectivity index is 1.50. The van der Waals surface area contributed by atoms with Crippen molar-refractivity contribution in [3.63, 3.8) is 0 Å². The summed E-state index contributed by atoms with van der Waals surface area (Å²) in [5, 5.41) is 2.84. The van der Waals surface area contributed by atoms with E-state index in [0.717, 1.165) is 47.2 Å². The molecule has 0 saturated carbocycles. The van der Waals surface area contributed by atoms with Gasteiger partial charge >= 0.3 is 0 Å². The number of carbonyl (C=O) groups is 1. The molecule has 1 saturated heterocycles. The van der Waals surface area contributed by atoms with Crippen LogP contribution in [0, 0.1) is 12.8 Å². The topological polar surface area (TPSA) is 59.5 Å². The lowest BCUT2D eigenvalue weighted by atomic mass is 9.90. The highest BCUT2D eigenvalue weighted by Crippen LogP contribution is 2.35. The first-order valence-corrected chi connectivity index (χ1v) is 9.81. The maximum atomic E-state index is 13.0. The Labute approximate surface area is 156 Å². The molecule has 1 fully saturated rings. The molecule has 2 atom stereocenters. The van der Waals surface area contributed by atoms with Gasteiger partial charge in [0.25, 0.3) is 0 Å². The van der Waals surface area contributed by atoms with Crippen molar-refractivity contribution in [2.24, 2.45) is 5.92 Å². The summed E-state index contributed by atoms with van der Waals surface area (Å²) in [4.78, 5) is 19.6. The van der Waals surface area contributed by atoms with Crippen LogP contribution in [0.4, 0.5) is 0 Å². The number of aryl methyl sites for hydroxylation is 1. The number of likely N-dealkylation sites (tertiary alicyclic amines) is 1. The van der Waals surface area contributed by atoms with Crippen molar-refractivity contribution in [1.82, 2.24) is 9.88 Å². The summed E-state index contributed by atoms with van der Waals surface area (Å²) in [6.45, 7) is 4.94. The van der Waals surface area contributed by atoms with Crippen LogP contribution in [0.2, 0.25) is 0 Å². The second-order valence-corrected chi connectivity index (χ2v) is 7.87. The Morgan fingerprint density at radius 2 is 2.27 bits per heavy atom. The number of nitrogens with zero attached hydrogens (tertiary/aromatic N) is 2. The number of aromatic nitrogens is 1. The fraction of sp³-hybridized carbons (Fsp3) is 0.400. The quantitative estimate of drug-likeness (QED) is 0.659. The normalized spacial score (nSPS) is 20.5. The first-order chi connectivity index (χ1) is 12.6. The summed E-state index contributed by atoms with van der Waals surface area (Å²) in [6, 6.07) is 5.87. The number of hydrogen-bond donors (Lipinski definition) is 0. The smallest absolute Gasteiger partial charge is 0.229 e. The average molecular weight is 370 g/mol. The number of carbonyl (C=O) groups excluding carboxylic acids is 1. The Bertz CT molecular complexity index is 881. The molecule has 1 amide bonds. The van der Waals surface area contributed by atoms with Gasteiger partial charge in [-0.2, -0.15) is 0 Å². The molecule has 0 radical (unpaired) electrons. The molecule has 5 nitrogen and oxygen atoms in total. The number of hydrogen-bond acceptors (Lipinski definition) is 5. The van der Waals surface area contributed by atoms with Crippen LogP contribution < -0.4 is 0 Å². The number of thiazole rings is 1. The third-order valence-corrected chi connectivity index (χ3v) is 5.87. The second kappa shape index (κ2) is 7.11. The minimum absolute atomic E-state index is 0.0203.